The van der Waals surface area contributed by atoms with E-state index < -0.39 is 0 Å². The Morgan fingerprint density at radius 3 is 1.43 bits per heavy atom. The van der Waals surface area contributed by atoms with E-state index in [0.29, 0.717) is 0 Å². The van der Waals surface area contributed by atoms with Gasteiger partial charge in [-0.05, 0) is 97.2 Å². The van der Waals surface area contributed by atoms with Crippen molar-refractivity contribution in [1.29, 1.82) is 0 Å². The zero-order chi connectivity index (χ0) is 37.0. The van der Waals surface area contributed by atoms with Gasteiger partial charge in [0, 0.05) is 27.7 Å². The molecule has 0 atom stereocenters. The summed E-state index contributed by atoms with van der Waals surface area (Å²) in [6.07, 6.45) is 0. The Kier molecular flexibility index (Phi) is 7.53. The fourth-order valence-corrected chi connectivity index (χ4v) is 8.57. The van der Waals surface area contributed by atoms with Crippen molar-refractivity contribution in [3.63, 3.8) is 0 Å². The number of rotatable bonds is 6. The molecule has 10 aromatic carbocycles. The minimum atomic E-state index is 0.854. The first-order valence-corrected chi connectivity index (χ1v) is 19.2. The van der Waals surface area contributed by atoms with Crippen LogP contribution in [0.1, 0.15) is 0 Å². The van der Waals surface area contributed by atoms with Crippen LogP contribution in [0.2, 0.25) is 0 Å². The van der Waals surface area contributed by atoms with Crippen LogP contribution in [0.5, 0.6) is 0 Å². The van der Waals surface area contributed by atoms with Crippen molar-refractivity contribution in [3.05, 3.63) is 212 Å². The van der Waals surface area contributed by atoms with Gasteiger partial charge in [0.25, 0.3) is 0 Å². The second kappa shape index (κ2) is 13.2. The Morgan fingerprint density at radius 2 is 0.804 bits per heavy atom. The van der Waals surface area contributed by atoms with Crippen molar-refractivity contribution in [3.8, 4) is 33.4 Å². The predicted octanol–water partition coefficient (Wildman–Crippen LogP) is 15.5. The number of nitrogens with zero attached hydrogens (tertiary/aromatic N) is 1. The summed E-state index contributed by atoms with van der Waals surface area (Å²) >= 11 is 0. The lowest BCUT2D eigenvalue weighted by molar-refractivity contribution is 0.673. The van der Waals surface area contributed by atoms with Crippen LogP contribution < -0.4 is 4.90 Å². The minimum absolute atomic E-state index is 0.854. The number of anilines is 3. The molecule has 11 rings (SSSR count). The Bertz CT molecular complexity index is 3130. The second-order valence-corrected chi connectivity index (χ2v) is 14.5. The van der Waals surface area contributed by atoms with Gasteiger partial charge in [-0.1, -0.05) is 170 Å². The van der Waals surface area contributed by atoms with Crippen LogP contribution in [0, 0.1) is 0 Å². The monoisotopic (exact) mass is 713 g/mol. The highest BCUT2D eigenvalue weighted by Crippen LogP contribution is 2.51. The predicted molar refractivity (Wildman–Crippen MR) is 237 cm³/mol. The molecule has 0 aliphatic heterocycles. The summed E-state index contributed by atoms with van der Waals surface area (Å²) in [4.78, 5) is 2.44. The third kappa shape index (κ3) is 5.26. The van der Waals surface area contributed by atoms with Crippen LogP contribution in [0.15, 0.2) is 217 Å². The number of fused-ring (bicyclic) bond motifs is 9. The molecule has 2 heteroatoms. The number of furan rings is 1. The van der Waals surface area contributed by atoms with E-state index in [-0.39, 0.29) is 0 Å². The summed E-state index contributed by atoms with van der Waals surface area (Å²) in [5.41, 5.74) is 12.0. The van der Waals surface area contributed by atoms with E-state index >= 15 is 0 Å². The summed E-state index contributed by atoms with van der Waals surface area (Å²) in [7, 11) is 0. The molecule has 0 amide bonds. The fraction of sp³-hybridized carbons (Fsp3) is 0. The van der Waals surface area contributed by atoms with Crippen molar-refractivity contribution in [2.45, 2.75) is 0 Å². The molecule has 2 nitrogen and oxygen atoms in total. The van der Waals surface area contributed by atoms with Gasteiger partial charge >= 0.3 is 0 Å². The van der Waals surface area contributed by atoms with Crippen LogP contribution in [-0.4, -0.2) is 0 Å². The van der Waals surface area contributed by atoms with Crippen LogP contribution in [-0.2, 0) is 0 Å². The molecule has 0 spiro atoms. The topological polar surface area (TPSA) is 16.4 Å². The molecule has 56 heavy (non-hydrogen) atoms. The molecular formula is C54H35NO. The lowest BCUT2D eigenvalue weighted by atomic mass is 9.93. The lowest BCUT2D eigenvalue weighted by Crippen LogP contribution is -2.12. The molecule has 0 aliphatic carbocycles. The highest BCUT2D eigenvalue weighted by molar-refractivity contribution is 6.33. The number of hydrogen-bond acceptors (Lipinski definition) is 2. The molecule has 0 unspecified atom stereocenters. The first-order chi connectivity index (χ1) is 27.8. The molecule has 0 saturated carbocycles. The number of hydrogen-bond donors (Lipinski definition) is 0. The van der Waals surface area contributed by atoms with Gasteiger partial charge in [-0.15, -0.1) is 0 Å². The average molecular weight is 714 g/mol. The van der Waals surface area contributed by atoms with Crippen LogP contribution in [0.25, 0.3) is 87.6 Å². The molecular weight excluding hydrogens is 679 g/mol. The van der Waals surface area contributed by atoms with Crippen LogP contribution in [0.3, 0.4) is 0 Å². The van der Waals surface area contributed by atoms with E-state index in [0.717, 1.165) is 55.5 Å². The maximum Gasteiger partial charge on any atom is 0.143 e. The molecule has 0 aliphatic rings. The quantitative estimate of drug-likeness (QED) is 0.160. The van der Waals surface area contributed by atoms with Crippen molar-refractivity contribution in [2.24, 2.45) is 0 Å². The standard InChI is InChI=1S/C54H35NO/c1-3-13-36(14-4-1)39-25-29-43(30-26-39)55(44-31-27-40(28-32-44)37-15-5-2-6-16-37)53-45(42-24-23-38-17-7-8-18-41(38)35-42)33-34-50-52(53)51-48-21-11-9-19-46(48)47-20-10-12-22-49(47)54(51)56-50/h1-35H. The summed E-state index contributed by atoms with van der Waals surface area (Å²) < 4.78 is 7.02. The highest BCUT2D eigenvalue weighted by Gasteiger charge is 2.26. The largest absolute Gasteiger partial charge is 0.455 e. The molecule has 0 N–H and O–H groups in total. The van der Waals surface area contributed by atoms with E-state index in [9.17, 15) is 0 Å². The first kappa shape index (κ1) is 32.0. The maximum absolute atomic E-state index is 7.02. The van der Waals surface area contributed by atoms with Gasteiger partial charge in [-0.2, -0.15) is 0 Å². The van der Waals surface area contributed by atoms with E-state index in [1.807, 2.05) is 0 Å². The van der Waals surface area contributed by atoms with Gasteiger partial charge in [-0.3, -0.25) is 0 Å². The van der Waals surface area contributed by atoms with Gasteiger partial charge in [0.2, 0.25) is 0 Å². The van der Waals surface area contributed by atoms with Crippen molar-refractivity contribution in [1.82, 2.24) is 0 Å². The Balaban J connectivity index is 1.26. The SMILES string of the molecule is c1ccc(-c2ccc(N(c3ccc(-c4ccccc4)cc3)c3c(-c4ccc5ccccc5c4)ccc4oc5c6ccccc6c6ccccc6c5c34)cc2)cc1. The highest BCUT2D eigenvalue weighted by atomic mass is 16.3. The zero-order valence-corrected chi connectivity index (χ0v) is 30.6. The molecule has 11 aromatic rings. The lowest BCUT2D eigenvalue weighted by Gasteiger charge is -2.29. The van der Waals surface area contributed by atoms with Gasteiger partial charge in [0.1, 0.15) is 11.2 Å². The van der Waals surface area contributed by atoms with Crippen molar-refractivity contribution >= 4 is 71.3 Å². The molecule has 1 aromatic heterocycles. The Labute approximate surface area is 325 Å². The summed E-state index contributed by atoms with van der Waals surface area (Å²) in [6, 6.07) is 76.4. The zero-order valence-electron chi connectivity index (χ0n) is 30.6. The van der Waals surface area contributed by atoms with Gasteiger partial charge in [0.15, 0.2) is 0 Å². The van der Waals surface area contributed by atoms with Crippen LogP contribution >= 0.6 is 0 Å². The molecule has 0 bridgehead atoms. The van der Waals surface area contributed by atoms with E-state index in [1.54, 1.807) is 0 Å². The van der Waals surface area contributed by atoms with Crippen molar-refractivity contribution in [2.75, 3.05) is 4.90 Å². The Morgan fingerprint density at radius 1 is 0.321 bits per heavy atom. The summed E-state index contributed by atoms with van der Waals surface area (Å²) in [6.45, 7) is 0. The van der Waals surface area contributed by atoms with Crippen molar-refractivity contribution < 1.29 is 4.42 Å². The van der Waals surface area contributed by atoms with Gasteiger partial charge in [-0.25, -0.2) is 0 Å². The molecule has 262 valence electrons. The summed E-state index contributed by atoms with van der Waals surface area (Å²) in [5, 5.41) is 9.33. The minimum Gasteiger partial charge on any atom is -0.455 e. The van der Waals surface area contributed by atoms with E-state index in [1.165, 1.54) is 49.2 Å². The maximum atomic E-state index is 7.02. The first-order valence-electron chi connectivity index (χ1n) is 19.2. The second-order valence-electron chi connectivity index (χ2n) is 14.5. The smallest absolute Gasteiger partial charge is 0.143 e. The molecule has 1 heterocycles. The van der Waals surface area contributed by atoms with E-state index in [2.05, 4.69) is 217 Å². The third-order valence-electron chi connectivity index (χ3n) is 11.2. The Hall–Kier alpha value is -7.42. The third-order valence-corrected chi connectivity index (χ3v) is 11.2. The van der Waals surface area contributed by atoms with E-state index in [4.69, 9.17) is 4.42 Å². The fourth-order valence-electron chi connectivity index (χ4n) is 8.57. The normalized spacial score (nSPS) is 11.6. The summed E-state index contributed by atoms with van der Waals surface area (Å²) in [5.74, 6) is 0. The molecule has 0 saturated heterocycles. The number of benzene rings is 10. The van der Waals surface area contributed by atoms with Gasteiger partial charge < -0.3 is 9.32 Å². The molecule has 0 radical (unpaired) electrons. The average Bonchev–Trinajstić information content (AvgIpc) is 3.68. The molecule has 0 fully saturated rings. The van der Waals surface area contributed by atoms with Gasteiger partial charge in [0.05, 0.1) is 11.1 Å². The van der Waals surface area contributed by atoms with Crippen LogP contribution in [0.4, 0.5) is 17.1 Å².